The summed E-state index contributed by atoms with van der Waals surface area (Å²) in [6.45, 7) is 5.26. The largest absolute Gasteiger partial charge is 0.305 e. The summed E-state index contributed by atoms with van der Waals surface area (Å²) < 4.78 is 0.643. The van der Waals surface area contributed by atoms with E-state index in [1.54, 1.807) is 0 Å². The Labute approximate surface area is 128 Å². The molecule has 0 aromatic carbocycles. The highest BCUT2D eigenvalue weighted by Gasteiger charge is 2.18. The van der Waals surface area contributed by atoms with Crippen LogP contribution in [-0.2, 0) is 4.79 Å². The fourth-order valence-electron chi connectivity index (χ4n) is 2.10. The molecule has 1 aromatic rings. The molecule has 1 aliphatic rings. The maximum Gasteiger partial charge on any atom is 0.213 e. The van der Waals surface area contributed by atoms with Crippen LogP contribution in [0.1, 0.15) is 25.5 Å². The lowest BCUT2D eigenvalue weighted by molar-refractivity contribution is -0.105. The number of rotatable bonds is 5. The van der Waals surface area contributed by atoms with Crippen LogP contribution in [-0.4, -0.2) is 35.9 Å². The molecule has 1 N–H and O–H groups in total. The summed E-state index contributed by atoms with van der Waals surface area (Å²) in [7, 11) is 0. The van der Waals surface area contributed by atoms with E-state index in [0.29, 0.717) is 15.9 Å². The van der Waals surface area contributed by atoms with Crippen LogP contribution in [0.3, 0.4) is 0 Å². The minimum atomic E-state index is 0. The predicted molar refractivity (Wildman–Crippen MR) is 83.4 cm³/mol. The second-order valence-corrected chi connectivity index (χ2v) is 5.80. The predicted octanol–water partition coefficient (Wildman–Crippen LogP) is 3.29. The normalized spacial score (nSPS) is 15.6. The quantitative estimate of drug-likeness (QED) is 0.846. The van der Waals surface area contributed by atoms with Gasteiger partial charge in [-0.25, -0.2) is 4.98 Å². The van der Waals surface area contributed by atoms with Crippen LogP contribution in [0.15, 0.2) is 6.08 Å². The number of aromatic nitrogens is 1. The first kappa shape index (κ1) is 16.4. The zero-order valence-electron chi connectivity index (χ0n) is 10.7. The summed E-state index contributed by atoms with van der Waals surface area (Å²) in [5.74, 6) is 0. The molecule has 1 amide bonds. The van der Waals surface area contributed by atoms with Crippen molar-refractivity contribution in [2.24, 2.45) is 0 Å². The topological polar surface area (TPSA) is 45.2 Å². The average Bonchev–Trinajstić information content (AvgIpc) is 2.72. The fraction of sp³-hybridized carbons (Fsp3) is 0.500. The van der Waals surface area contributed by atoms with Gasteiger partial charge in [0, 0.05) is 13.1 Å². The monoisotopic (exact) mass is 321 g/mol. The number of nitrogens with zero attached hydrogens (tertiary/aromatic N) is 2. The number of hydrogen-bond acceptors (Lipinski definition) is 4. The van der Waals surface area contributed by atoms with Gasteiger partial charge in [0.1, 0.15) is 4.34 Å². The average molecular weight is 322 g/mol. The van der Waals surface area contributed by atoms with Gasteiger partial charge in [0.2, 0.25) is 6.41 Å². The van der Waals surface area contributed by atoms with Crippen molar-refractivity contribution in [3.05, 3.63) is 16.1 Å². The van der Waals surface area contributed by atoms with Crippen molar-refractivity contribution in [3.63, 3.8) is 0 Å². The summed E-state index contributed by atoms with van der Waals surface area (Å²) in [6.07, 6.45) is 4.99. The molecule has 0 unspecified atom stereocenters. The van der Waals surface area contributed by atoms with E-state index < -0.39 is 0 Å². The lowest BCUT2D eigenvalue weighted by Crippen LogP contribution is -2.30. The molecule has 2 rings (SSSR count). The Bertz CT molecular complexity index is 462. The van der Waals surface area contributed by atoms with Crippen molar-refractivity contribution < 1.29 is 4.79 Å². The first-order valence-corrected chi connectivity index (χ1v) is 7.22. The highest BCUT2D eigenvalue weighted by Crippen LogP contribution is 2.33. The van der Waals surface area contributed by atoms with Crippen LogP contribution in [0.4, 0.5) is 5.13 Å². The summed E-state index contributed by atoms with van der Waals surface area (Å²) in [5, 5.41) is 3.10. The molecule has 19 heavy (non-hydrogen) atoms. The number of anilines is 1. The number of hydrogen-bond donors (Lipinski definition) is 1. The van der Waals surface area contributed by atoms with E-state index in [1.165, 1.54) is 11.3 Å². The molecule has 0 bridgehead atoms. The zero-order chi connectivity index (χ0) is 13.0. The fourth-order valence-corrected chi connectivity index (χ4v) is 3.17. The van der Waals surface area contributed by atoms with Gasteiger partial charge >= 0.3 is 0 Å². The van der Waals surface area contributed by atoms with Crippen LogP contribution in [0.5, 0.6) is 0 Å². The molecule has 2 heterocycles. The molecular formula is C12H17Cl2N3OS. The van der Waals surface area contributed by atoms with Gasteiger partial charge in [-0.1, -0.05) is 35.9 Å². The molecule has 0 spiro atoms. The lowest BCUT2D eigenvalue weighted by Gasteiger charge is -2.26. The molecule has 0 saturated heterocycles. The van der Waals surface area contributed by atoms with Crippen LogP contribution < -0.4 is 5.32 Å². The third-order valence-electron chi connectivity index (χ3n) is 2.84. The van der Waals surface area contributed by atoms with E-state index in [-0.39, 0.29) is 12.4 Å². The van der Waals surface area contributed by atoms with Gasteiger partial charge in [0.25, 0.3) is 0 Å². The van der Waals surface area contributed by atoms with Crippen LogP contribution in [0.2, 0.25) is 4.34 Å². The summed E-state index contributed by atoms with van der Waals surface area (Å²) in [6, 6.07) is 0. The molecule has 1 aliphatic heterocycles. The Hall–Kier alpha value is -0.620. The van der Waals surface area contributed by atoms with Gasteiger partial charge in [-0.2, -0.15) is 0 Å². The molecule has 0 saturated carbocycles. The lowest BCUT2D eigenvalue weighted by atomic mass is 10.1. The second kappa shape index (κ2) is 7.85. The second-order valence-electron chi connectivity index (χ2n) is 4.20. The molecule has 1 aromatic heterocycles. The van der Waals surface area contributed by atoms with Crippen molar-refractivity contribution in [1.29, 1.82) is 0 Å². The van der Waals surface area contributed by atoms with Gasteiger partial charge in [0.05, 0.1) is 5.69 Å². The van der Waals surface area contributed by atoms with Gasteiger partial charge in [-0.05, 0) is 25.0 Å². The number of halogens is 2. The highest BCUT2D eigenvalue weighted by atomic mass is 35.5. The molecule has 7 heteroatoms. The van der Waals surface area contributed by atoms with Crippen LogP contribution in [0, 0.1) is 0 Å². The molecule has 0 fully saturated rings. The summed E-state index contributed by atoms with van der Waals surface area (Å²) in [4.78, 5) is 17.2. The minimum Gasteiger partial charge on any atom is -0.305 e. The Morgan fingerprint density at radius 1 is 1.63 bits per heavy atom. The van der Waals surface area contributed by atoms with E-state index in [4.69, 9.17) is 11.6 Å². The number of amides is 1. The molecule has 0 radical (unpaired) electrons. The third-order valence-corrected chi connectivity index (χ3v) is 4.03. The smallest absolute Gasteiger partial charge is 0.213 e. The maximum absolute atomic E-state index is 10.4. The summed E-state index contributed by atoms with van der Waals surface area (Å²) >= 11 is 7.48. The van der Waals surface area contributed by atoms with E-state index in [9.17, 15) is 4.79 Å². The van der Waals surface area contributed by atoms with Crippen LogP contribution in [0.25, 0.3) is 5.57 Å². The van der Waals surface area contributed by atoms with E-state index in [0.717, 1.165) is 43.7 Å². The van der Waals surface area contributed by atoms with Gasteiger partial charge in [-0.15, -0.1) is 12.4 Å². The standard InChI is InChI=1S/C12H16ClN3OS.ClH/c1-2-5-16-6-3-4-9(7-16)10-11(13)18-12(15-10)14-8-17;/h4,8H,2-3,5-7H2,1H3,(H,14,15,17);1H. The summed E-state index contributed by atoms with van der Waals surface area (Å²) in [5.41, 5.74) is 1.97. The van der Waals surface area contributed by atoms with Crippen LogP contribution >= 0.6 is 35.3 Å². The Balaban J connectivity index is 0.00000180. The number of carbonyl (C=O) groups excluding carboxylic acids is 1. The molecular weight excluding hydrogens is 305 g/mol. The number of thiazole rings is 1. The van der Waals surface area contributed by atoms with Crippen molar-refractivity contribution in [2.45, 2.75) is 19.8 Å². The molecule has 0 atom stereocenters. The van der Waals surface area contributed by atoms with E-state index >= 15 is 0 Å². The van der Waals surface area contributed by atoms with Gasteiger partial charge in [-0.3, -0.25) is 9.69 Å². The Morgan fingerprint density at radius 3 is 3.11 bits per heavy atom. The third kappa shape index (κ3) is 4.18. The van der Waals surface area contributed by atoms with Gasteiger partial charge in [0.15, 0.2) is 5.13 Å². The van der Waals surface area contributed by atoms with E-state index in [1.807, 2.05) is 0 Å². The number of nitrogens with one attached hydrogen (secondary N) is 1. The maximum atomic E-state index is 10.4. The molecule has 0 aliphatic carbocycles. The molecule has 106 valence electrons. The van der Waals surface area contributed by atoms with Crippen molar-refractivity contribution in [1.82, 2.24) is 9.88 Å². The van der Waals surface area contributed by atoms with Crippen molar-refractivity contribution >= 4 is 52.5 Å². The first-order chi connectivity index (χ1) is 8.74. The van der Waals surface area contributed by atoms with Crippen molar-refractivity contribution in [2.75, 3.05) is 25.0 Å². The SMILES string of the molecule is CCCN1CCC=C(c2nc(NC=O)sc2Cl)C1.Cl. The van der Waals surface area contributed by atoms with Crippen molar-refractivity contribution in [3.8, 4) is 0 Å². The van der Waals surface area contributed by atoms with Gasteiger partial charge < -0.3 is 5.32 Å². The zero-order valence-corrected chi connectivity index (χ0v) is 13.1. The highest BCUT2D eigenvalue weighted by molar-refractivity contribution is 7.19. The Kier molecular flexibility index (Phi) is 6.79. The Morgan fingerprint density at radius 2 is 2.42 bits per heavy atom. The molecule has 4 nitrogen and oxygen atoms in total. The van der Waals surface area contributed by atoms with E-state index in [2.05, 4.69) is 28.2 Å². The minimum absolute atomic E-state index is 0. The first-order valence-electron chi connectivity index (χ1n) is 6.03. The number of carbonyl (C=O) groups is 1.